The number of hydrogen-bond acceptors (Lipinski definition) is 6. The second kappa shape index (κ2) is 6.50. The van der Waals surface area contributed by atoms with Gasteiger partial charge in [0.15, 0.2) is 10.5 Å². The number of amides is 2. The fraction of sp³-hybridized carbons (Fsp3) is 0.600. The zero-order chi connectivity index (χ0) is 14.5. The highest BCUT2D eigenvalue weighted by atomic mass is 32.1. The maximum absolute atomic E-state index is 10.7. The lowest BCUT2D eigenvalue weighted by Crippen LogP contribution is -2.38. The Balaban J connectivity index is 0.000000327. The molecule has 102 valence electrons. The molecule has 2 atom stereocenters. The van der Waals surface area contributed by atoms with E-state index in [0.717, 1.165) is 0 Å². The number of thiol groups is 1. The van der Waals surface area contributed by atoms with Crippen molar-refractivity contribution in [2.75, 3.05) is 0 Å². The molecule has 18 heavy (non-hydrogen) atoms. The van der Waals surface area contributed by atoms with Gasteiger partial charge in [-0.25, -0.2) is 0 Å². The molecule has 1 saturated heterocycles. The Morgan fingerprint density at radius 2 is 2.00 bits per heavy atom. The summed E-state index contributed by atoms with van der Waals surface area (Å²) in [6.07, 6.45) is -0.984. The van der Waals surface area contributed by atoms with Gasteiger partial charge in [-0.1, -0.05) is 6.92 Å². The number of aliphatic carboxylic acids is 1. The molecular formula is C10H15NO6S. The third-order valence-corrected chi connectivity index (χ3v) is 3.21. The molecule has 7 nitrogen and oxygen atoms in total. The summed E-state index contributed by atoms with van der Waals surface area (Å²) >= 11 is 3.76. The molecule has 1 aliphatic rings. The second-order valence-corrected chi connectivity index (χ2v) is 4.47. The van der Waals surface area contributed by atoms with Crippen molar-refractivity contribution in [3.05, 3.63) is 0 Å². The van der Waals surface area contributed by atoms with Gasteiger partial charge >= 0.3 is 5.97 Å². The van der Waals surface area contributed by atoms with Gasteiger partial charge in [0, 0.05) is 0 Å². The number of aliphatic hydroxyl groups is 1. The van der Waals surface area contributed by atoms with E-state index in [4.69, 9.17) is 10.2 Å². The van der Waals surface area contributed by atoms with Crippen LogP contribution in [0, 0.1) is 0 Å². The summed E-state index contributed by atoms with van der Waals surface area (Å²) in [7, 11) is 0. The average Bonchev–Trinajstić information content (AvgIpc) is 2.55. The molecule has 1 aliphatic heterocycles. The Morgan fingerprint density at radius 1 is 1.50 bits per heavy atom. The molecule has 1 rings (SSSR count). The zero-order valence-electron chi connectivity index (χ0n) is 9.97. The summed E-state index contributed by atoms with van der Waals surface area (Å²) in [5, 5.41) is 19.0. The molecule has 0 aromatic rings. The molecule has 8 heteroatoms. The predicted molar refractivity (Wildman–Crippen MR) is 64.1 cm³/mol. The Bertz CT molecular complexity index is 367. The Hall–Kier alpha value is -1.41. The van der Waals surface area contributed by atoms with E-state index in [1.165, 1.54) is 6.92 Å². The van der Waals surface area contributed by atoms with Crippen LogP contribution in [0.3, 0.4) is 0 Å². The van der Waals surface area contributed by atoms with Crippen molar-refractivity contribution in [1.82, 2.24) is 5.32 Å². The van der Waals surface area contributed by atoms with E-state index in [-0.39, 0.29) is 12.8 Å². The van der Waals surface area contributed by atoms with E-state index < -0.39 is 34.4 Å². The van der Waals surface area contributed by atoms with E-state index in [0.29, 0.717) is 0 Å². The van der Waals surface area contributed by atoms with Crippen LogP contribution in [0.25, 0.3) is 0 Å². The van der Waals surface area contributed by atoms with Crippen LogP contribution in [0.5, 0.6) is 0 Å². The molecule has 1 fully saturated rings. The Kier molecular flexibility index (Phi) is 5.99. The average molecular weight is 277 g/mol. The maximum Gasteiger partial charge on any atom is 0.327 e. The van der Waals surface area contributed by atoms with Gasteiger partial charge in [-0.3, -0.25) is 24.5 Å². The Morgan fingerprint density at radius 3 is 2.06 bits per heavy atom. The van der Waals surface area contributed by atoms with Gasteiger partial charge in [-0.2, -0.15) is 12.6 Å². The van der Waals surface area contributed by atoms with Gasteiger partial charge < -0.3 is 10.2 Å². The molecular weight excluding hydrogens is 262 g/mol. The van der Waals surface area contributed by atoms with Crippen LogP contribution in [0.2, 0.25) is 0 Å². The quantitative estimate of drug-likeness (QED) is 0.302. The van der Waals surface area contributed by atoms with Crippen LogP contribution in [-0.4, -0.2) is 44.6 Å². The lowest BCUT2D eigenvalue weighted by molar-refractivity contribution is -0.143. The van der Waals surface area contributed by atoms with Crippen molar-refractivity contribution in [3.8, 4) is 0 Å². The molecule has 0 aromatic carbocycles. The molecule has 3 N–H and O–H groups in total. The normalized spacial score (nSPS) is 21.4. The second-order valence-electron chi connectivity index (χ2n) is 3.71. The summed E-state index contributed by atoms with van der Waals surface area (Å²) in [6.45, 7) is 2.84. The van der Waals surface area contributed by atoms with Gasteiger partial charge in [0.1, 0.15) is 6.10 Å². The first-order valence-electron chi connectivity index (χ1n) is 5.13. The van der Waals surface area contributed by atoms with Crippen molar-refractivity contribution in [1.29, 1.82) is 0 Å². The van der Waals surface area contributed by atoms with Crippen molar-refractivity contribution < 1.29 is 29.4 Å². The number of carbonyl (C=O) groups excluding carboxylic acids is 3. The van der Waals surface area contributed by atoms with Crippen LogP contribution in [-0.2, 0) is 19.2 Å². The molecule has 2 amide bonds. The van der Waals surface area contributed by atoms with Crippen molar-refractivity contribution in [2.45, 2.75) is 37.5 Å². The number of carboxylic acids is 1. The smallest absolute Gasteiger partial charge is 0.327 e. The fourth-order valence-electron chi connectivity index (χ4n) is 1.09. The van der Waals surface area contributed by atoms with Gasteiger partial charge in [0.25, 0.3) is 5.91 Å². The first kappa shape index (κ1) is 16.6. The van der Waals surface area contributed by atoms with E-state index in [1.54, 1.807) is 6.92 Å². The van der Waals surface area contributed by atoms with Crippen LogP contribution < -0.4 is 5.32 Å². The number of Topliss-reactive ketones (excluding diaryl/α,β-unsaturated/α-hetero) is 1. The lowest BCUT2D eigenvalue weighted by atomic mass is 10.0. The maximum atomic E-state index is 10.7. The van der Waals surface area contributed by atoms with Crippen LogP contribution in [0.1, 0.15) is 26.7 Å². The number of aliphatic hydroxyl groups excluding tert-OH is 1. The van der Waals surface area contributed by atoms with E-state index in [9.17, 15) is 19.2 Å². The van der Waals surface area contributed by atoms with E-state index in [1.807, 2.05) is 5.32 Å². The van der Waals surface area contributed by atoms with Crippen molar-refractivity contribution >= 4 is 36.2 Å². The van der Waals surface area contributed by atoms with E-state index >= 15 is 0 Å². The minimum atomic E-state index is -1.49. The monoisotopic (exact) mass is 277 g/mol. The van der Waals surface area contributed by atoms with Gasteiger partial charge in [-0.05, 0) is 13.3 Å². The predicted octanol–water partition coefficient (Wildman–Crippen LogP) is -0.868. The van der Waals surface area contributed by atoms with Crippen LogP contribution in [0.15, 0.2) is 0 Å². The minimum Gasteiger partial charge on any atom is -0.480 e. The Labute approximate surface area is 109 Å². The summed E-state index contributed by atoms with van der Waals surface area (Å²) < 4.78 is -1.49. The molecule has 0 spiro atoms. The molecule has 0 bridgehead atoms. The molecule has 0 radical (unpaired) electrons. The number of nitrogens with one attached hydrogen (secondary N) is 1. The van der Waals surface area contributed by atoms with Gasteiger partial charge in [0.2, 0.25) is 5.91 Å². The first-order chi connectivity index (χ1) is 8.15. The van der Waals surface area contributed by atoms with Gasteiger partial charge in [-0.15, -0.1) is 0 Å². The molecule has 0 saturated carbocycles. The molecule has 0 aromatic heterocycles. The molecule has 0 aliphatic carbocycles. The summed E-state index contributed by atoms with van der Waals surface area (Å²) in [5.41, 5.74) is 0. The highest BCUT2D eigenvalue weighted by molar-refractivity contribution is 7.83. The van der Waals surface area contributed by atoms with Crippen LogP contribution >= 0.6 is 12.6 Å². The number of ketones is 1. The largest absolute Gasteiger partial charge is 0.480 e. The number of imide groups is 1. The fourth-order valence-corrected chi connectivity index (χ4v) is 1.09. The number of carboxylic acid groups (broad SMARTS) is 1. The SMILES string of the molecule is CCC(S)(C(C)=O)C(=O)O.O=C1CC(O)C(=O)N1. The third-order valence-electron chi connectivity index (χ3n) is 2.39. The lowest BCUT2D eigenvalue weighted by Gasteiger charge is -2.17. The molecule has 2 unspecified atom stereocenters. The number of carbonyl (C=O) groups is 4. The zero-order valence-corrected chi connectivity index (χ0v) is 10.9. The number of rotatable bonds is 3. The highest BCUT2D eigenvalue weighted by Crippen LogP contribution is 2.20. The minimum absolute atomic E-state index is 0.0845. The summed E-state index contributed by atoms with van der Waals surface area (Å²) in [6, 6.07) is 0. The summed E-state index contributed by atoms with van der Waals surface area (Å²) in [4.78, 5) is 41.5. The standard InChI is InChI=1S/C6H10O3S.C4H5NO3/c1-3-6(10,4(2)7)5(8)9;6-2-1-3(7)5-4(2)8/h10H,3H2,1-2H3,(H,8,9);2,6H,1H2,(H,5,7,8). The molecule has 1 heterocycles. The van der Waals surface area contributed by atoms with Gasteiger partial charge in [0.05, 0.1) is 6.42 Å². The summed E-state index contributed by atoms with van der Waals surface area (Å²) in [5.74, 6) is -2.59. The van der Waals surface area contributed by atoms with E-state index in [2.05, 4.69) is 12.6 Å². The first-order valence-corrected chi connectivity index (χ1v) is 5.58. The highest BCUT2D eigenvalue weighted by Gasteiger charge is 2.37. The number of hydrogen-bond donors (Lipinski definition) is 4. The van der Waals surface area contributed by atoms with Crippen molar-refractivity contribution in [2.24, 2.45) is 0 Å². The topological polar surface area (TPSA) is 121 Å². The van der Waals surface area contributed by atoms with Crippen molar-refractivity contribution in [3.63, 3.8) is 0 Å². The third kappa shape index (κ3) is 4.11. The van der Waals surface area contributed by atoms with Crippen LogP contribution in [0.4, 0.5) is 0 Å².